The van der Waals surface area contributed by atoms with E-state index in [1.165, 1.54) is 32.1 Å². The third kappa shape index (κ3) is 3.56. The molecular formula is C11H15Cl2N3. The topological polar surface area (TPSA) is 38.7 Å². The molecule has 0 spiro atoms. The van der Waals surface area contributed by atoms with Gasteiger partial charge in [-0.2, -0.15) is 4.98 Å². The Morgan fingerprint density at radius 1 is 0.938 bits per heavy atom. The summed E-state index contributed by atoms with van der Waals surface area (Å²) in [6, 6.07) is 0. The first kappa shape index (κ1) is 12.1. The van der Waals surface area contributed by atoms with Crippen molar-refractivity contribution in [3.63, 3.8) is 0 Å². The zero-order valence-corrected chi connectivity index (χ0v) is 10.6. The molecular weight excluding hydrogens is 245 g/mol. The van der Waals surface area contributed by atoms with Gasteiger partial charge in [0.15, 0.2) is 0 Å². The quantitative estimate of drug-likeness (QED) is 0.831. The minimum absolute atomic E-state index is 0.193. The predicted molar refractivity (Wildman–Crippen MR) is 64.7 cm³/mol. The Kier molecular flexibility index (Phi) is 4.36. The molecule has 88 valence electrons. The van der Waals surface area contributed by atoms with Gasteiger partial charge in [-0.1, -0.05) is 32.1 Å². The van der Waals surface area contributed by atoms with Crippen LogP contribution in [-0.4, -0.2) is 15.0 Å². The molecule has 0 radical (unpaired) electrons. The van der Waals surface area contributed by atoms with E-state index in [0.29, 0.717) is 0 Å². The summed E-state index contributed by atoms with van der Waals surface area (Å²) in [5.74, 6) is 1.54. The Morgan fingerprint density at radius 3 is 2.19 bits per heavy atom. The van der Waals surface area contributed by atoms with Gasteiger partial charge in [-0.15, -0.1) is 0 Å². The van der Waals surface area contributed by atoms with Gasteiger partial charge < -0.3 is 0 Å². The standard InChI is InChI=1S/C11H15Cl2N3/c12-10-14-9(15-11(13)16-10)7-6-8-4-2-1-3-5-8/h8H,1-7H2. The van der Waals surface area contributed by atoms with Crippen LogP contribution in [0.4, 0.5) is 0 Å². The first-order valence-corrected chi connectivity index (χ1v) is 6.55. The second kappa shape index (κ2) is 5.78. The highest BCUT2D eigenvalue weighted by Gasteiger charge is 2.14. The minimum Gasteiger partial charge on any atom is -0.203 e. The maximum absolute atomic E-state index is 5.72. The van der Waals surface area contributed by atoms with Crippen LogP contribution in [0.1, 0.15) is 44.3 Å². The molecule has 1 aromatic heterocycles. The summed E-state index contributed by atoms with van der Waals surface area (Å²) in [6.07, 6.45) is 8.79. The van der Waals surface area contributed by atoms with Crippen LogP contribution in [0.3, 0.4) is 0 Å². The number of rotatable bonds is 3. The zero-order chi connectivity index (χ0) is 11.4. The van der Waals surface area contributed by atoms with Crippen LogP contribution in [0.15, 0.2) is 0 Å². The summed E-state index contributed by atoms with van der Waals surface area (Å²) in [7, 11) is 0. The normalized spacial score (nSPS) is 17.6. The molecule has 16 heavy (non-hydrogen) atoms. The highest BCUT2D eigenvalue weighted by atomic mass is 35.5. The average molecular weight is 260 g/mol. The van der Waals surface area contributed by atoms with E-state index in [2.05, 4.69) is 15.0 Å². The molecule has 0 bridgehead atoms. The lowest BCUT2D eigenvalue weighted by atomic mass is 9.86. The first-order chi connectivity index (χ1) is 7.74. The van der Waals surface area contributed by atoms with E-state index in [-0.39, 0.29) is 10.6 Å². The molecule has 0 aliphatic heterocycles. The molecule has 0 aromatic carbocycles. The van der Waals surface area contributed by atoms with Gasteiger partial charge in [0.2, 0.25) is 10.6 Å². The van der Waals surface area contributed by atoms with Crippen molar-refractivity contribution in [1.82, 2.24) is 15.0 Å². The Morgan fingerprint density at radius 2 is 1.56 bits per heavy atom. The number of nitrogens with zero attached hydrogens (tertiary/aromatic N) is 3. The summed E-state index contributed by atoms with van der Waals surface area (Å²) < 4.78 is 0. The summed E-state index contributed by atoms with van der Waals surface area (Å²) in [4.78, 5) is 11.9. The van der Waals surface area contributed by atoms with Gasteiger partial charge in [0.05, 0.1) is 0 Å². The lowest BCUT2D eigenvalue weighted by Gasteiger charge is -2.20. The Bertz CT molecular complexity index is 331. The van der Waals surface area contributed by atoms with E-state index >= 15 is 0 Å². The van der Waals surface area contributed by atoms with Crippen LogP contribution in [0, 0.1) is 5.92 Å². The summed E-state index contributed by atoms with van der Waals surface area (Å²) in [5, 5.41) is 0.386. The van der Waals surface area contributed by atoms with Gasteiger partial charge in [0.25, 0.3) is 0 Å². The fourth-order valence-electron chi connectivity index (χ4n) is 2.28. The maximum atomic E-state index is 5.72. The van der Waals surface area contributed by atoms with Gasteiger partial charge in [-0.05, 0) is 35.5 Å². The van der Waals surface area contributed by atoms with Gasteiger partial charge in [0.1, 0.15) is 5.82 Å². The summed E-state index contributed by atoms with van der Waals surface area (Å²) in [5.41, 5.74) is 0. The van der Waals surface area contributed by atoms with E-state index in [0.717, 1.165) is 24.6 Å². The Labute approximate surface area is 106 Å². The summed E-state index contributed by atoms with van der Waals surface area (Å²) >= 11 is 11.4. The van der Waals surface area contributed by atoms with Crippen molar-refractivity contribution in [2.45, 2.75) is 44.9 Å². The van der Waals surface area contributed by atoms with Crippen molar-refractivity contribution >= 4 is 23.2 Å². The van der Waals surface area contributed by atoms with E-state index in [9.17, 15) is 0 Å². The number of hydrogen-bond donors (Lipinski definition) is 0. The molecule has 0 unspecified atom stereocenters. The van der Waals surface area contributed by atoms with Gasteiger partial charge in [0, 0.05) is 6.42 Å². The molecule has 1 heterocycles. The van der Waals surface area contributed by atoms with E-state index < -0.39 is 0 Å². The molecule has 0 amide bonds. The Hall–Kier alpha value is -0.410. The average Bonchev–Trinajstić information content (AvgIpc) is 2.27. The molecule has 5 heteroatoms. The van der Waals surface area contributed by atoms with E-state index in [4.69, 9.17) is 23.2 Å². The van der Waals surface area contributed by atoms with Crippen LogP contribution in [0.25, 0.3) is 0 Å². The molecule has 1 aliphatic rings. The number of aryl methyl sites for hydroxylation is 1. The fraction of sp³-hybridized carbons (Fsp3) is 0.727. The number of halogens is 2. The van der Waals surface area contributed by atoms with Crippen LogP contribution in [0.5, 0.6) is 0 Å². The third-order valence-electron chi connectivity index (χ3n) is 3.13. The van der Waals surface area contributed by atoms with Crippen LogP contribution in [-0.2, 0) is 6.42 Å². The van der Waals surface area contributed by atoms with E-state index in [1.807, 2.05) is 0 Å². The molecule has 0 saturated heterocycles. The van der Waals surface area contributed by atoms with Crippen LogP contribution in [0.2, 0.25) is 10.6 Å². The van der Waals surface area contributed by atoms with E-state index in [1.54, 1.807) is 0 Å². The van der Waals surface area contributed by atoms with Gasteiger partial charge in [-0.3, -0.25) is 0 Å². The molecule has 2 rings (SSSR count). The molecule has 1 saturated carbocycles. The van der Waals surface area contributed by atoms with Crippen LogP contribution >= 0.6 is 23.2 Å². The molecule has 0 N–H and O–H groups in total. The first-order valence-electron chi connectivity index (χ1n) is 5.80. The third-order valence-corrected chi connectivity index (χ3v) is 3.47. The Balaban J connectivity index is 1.88. The van der Waals surface area contributed by atoms with Crippen molar-refractivity contribution in [2.24, 2.45) is 5.92 Å². The molecule has 0 atom stereocenters. The van der Waals surface area contributed by atoms with Crippen molar-refractivity contribution in [1.29, 1.82) is 0 Å². The molecule has 3 nitrogen and oxygen atoms in total. The summed E-state index contributed by atoms with van der Waals surface area (Å²) in [6.45, 7) is 0. The molecule has 1 fully saturated rings. The predicted octanol–water partition coefficient (Wildman–Crippen LogP) is 3.69. The van der Waals surface area contributed by atoms with Crippen molar-refractivity contribution in [2.75, 3.05) is 0 Å². The lowest BCUT2D eigenvalue weighted by molar-refractivity contribution is 0.337. The highest BCUT2D eigenvalue weighted by Crippen LogP contribution is 2.27. The zero-order valence-electron chi connectivity index (χ0n) is 9.12. The van der Waals surface area contributed by atoms with Crippen molar-refractivity contribution in [3.8, 4) is 0 Å². The highest BCUT2D eigenvalue weighted by molar-refractivity contribution is 6.30. The maximum Gasteiger partial charge on any atom is 0.226 e. The SMILES string of the molecule is Clc1nc(Cl)nc(CCC2CCCCC2)n1. The van der Waals surface area contributed by atoms with Gasteiger partial charge >= 0.3 is 0 Å². The number of aromatic nitrogens is 3. The van der Waals surface area contributed by atoms with Crippen LogP contribution < -0.4 is 0 Å². The second-order valence-corrected chi connectivity index (χ2v) is 5.01. The van der Waals surface area contributed by atoms with Gasteiger partial charge in [-0.25, -0.2) is 9.97 Å². The smallest absolute Gasteiger partial charge is 0.203 e. The molecule has 1 aromatic rings. The minimum atomic E-state index is 0.193. The largest absolute Gasteiger partial charge is 0.226 e. The second-order valence-electron chi connectivity index (χ2n) is 4.33. The lowest BCUT2D eigenvalue weighted by Crippen LogP contribution is -2.09. The fourth-order valence-corrected chi connectivity index (χ4v) is 2.68. The van der Waals surface area contributed by atoms with Crippen molar-refractivity contribution < 1.29 is 0 Å². The monoisotopic (exact) mass is 259 g/mol. The molecule has 1 aliphatic carbocycles. The number of hydrogen-bond acceptors (Lipinski definition) is 3. The van der Waals surface area contributed by atoms with Crippen molar-refractivity contribution in [3.05, 3.63) is 16.4 Å².